The van der Waals surface area contributed by atoms with Crippen molar-refractivity contribution in [2.45, 2.75) is 24.2 Å². The van der Waals surface area contributed by atoms with Gasteiger partial charge in [-0.3, -0.25) is 4.79 Å². The van der Waals surface area contributed by atoms with Crippen LogP contribution in [0.3, 0.4) is 0 Å². The number of cyclic esters (lactones) is 1. The fraction of sp³-hybridized carbons (Fsp3) is 0.179. The number of aldehydes is 1. The third-order valence-corrected chi connectivity index (χ3v) is 5.83. The summed E-state index contributed by atoms with van der Waals surface area (Å²) in [6, 6.07) is 24.0. The van der Waals surface area contributed by atoms with E-state index in [9.17, 15) is 24.0 Å². The van der Waals surface area contributed by atoms with Crippen LogP contribution in [-0.2, 0) is 23.8 Å². The van der Waals surface area contributed by atoms with E-state index in [1.807, 2.05) is 0 Å². The number of benzene rings is 3. The lowest BCUT2D eigenvalue weighted by molar-refractivity contribution is -0.147. The van der Waals surface area contributed by atoms with Gasteiger partial charge >= 0.3 is 17.9 Å². The number of amides is 1. The minimum atomic E-state index is -2.12. The topological polar surface area (TPSA) is 125 Å². The summed E-state index contributed by atoms with van der Waals surface area (Å²) in [6.07, 6.45) is -2.50. The van der Waals surface area contributed by atoms with E-state index in [1.54, 1.807) is 54.6 Å². The number of hydrogen-bond donors (Lipinski definition) is 1. The summed E-state index contributed by atoms with van der Waals surface area (Å²) in [5.74, 6) is -3.28. The van der Waals surface area contributed by atoms with Crippen molar-refractivity contribution >= 4 is 30.1 Å². The van der Waals surface area contributed by atoms with Gasteiger partial charge in [-0.05, 0) is 36.4 Å². The number of nitrogens with one attached hydrogen (secondary N) is 1. The average molecular weight is 501 g/mol. The van der Waals surface area contributed by atoms with Crippen LogP contribution in [0.1, 0.15) is 37.5 Å². The highest BCUT2D eigenvalue weighted by atomic mass is 16.6. The molecule has 4 rings (SSSR count). The van der Waals surface area contributed by atoms with Gasteiger partial charge in [0.2, 0.25) is 5.54 Å². The van der Waals surface area contributed by atoms with Crippen molar-refractivity contribution in [2.24, 2.45) is 0 Å². The van der Waals surface area contributed by atoms with Gasteiger partial charge in [0.25, 0.3) is 5.91 Å². The first-order valence-corrected chi connectivity index (χ1v) is 11.4. The van der Waals surface area contributed by atoms with Gasteiger partial charge in [0.15, 0.2) is 6.10 Å². The molecule has 3 atom stereocenters. The van der Waals surface area contributed by atoms with E-state index in [4.69, 9.17) is 14.2 Å². The zero-order valence-electron chi connectivity index (χ0n) is 19.6. The van der Waals surface area contributed by atoms with Gasteiger partial charge in [0, 0.05) is 12.0 Å². The van der Waals surface area contributed by atoms with E-state index in [0.29, 0.717) is 6.29 Å². The lowest BCUT2D eigenvalue weighted by Gasteiger charge is -2.32. The Bertz CT molecular complexity index is 1280. The van der Waals surface area contributed by atoms with Crippen molar-refractivity contribution in [3.8, 4) is 0 Å². The second-order valence-corrected chi connectivity index (χ2v) is 8.27. The quantitative estimate of drug-likeness (QED) is 0.270. The lowest BCUT2D eigenvalue weighted by Crippen LogP contribution is -2.64. The third kappa shape index (κ3) is 5.56. The molecule has 3 aromatic rings. The molecule has 3 aromatic carbocycles. The minimum absolute atomic E-state index is 0.177. The molecule has 1 aliphatic rings. The standard InChI is InChI=1S/C28H23NO8/c30-17-16-22-23(37-26(33)21-14-8-3-9-15-21)28(27(34)36-22,29-24(31)19-10-4-1-5-11-19)18-35-25(32)20-12-6-2-7-13-20/h1-15,17,22-23H,16,18H2,(H,29,31)/t22?,23-,28-/m0/s1. The van der Waals surface area contributed by atoms with Crippen LogP contribution in [0.2, 0.25) is 0 Å². The van der Waals surface area contributed by atoms with Crippen molar-refractivity contribution < 1.29 is 38.2 Å². The zero-order valence-corrected chi connectivity index (χ0v) is 19.6. The normalized spacial score (nSPS) is 20.4. The number of carbonyl (C=O) groups is 5. The van der Waals surface area contributed by atoms with Gasteiger partial charge in [-0.15, -0.1) is 0 Å². The van der Waals surface area contributed by atoms with Gasteiger partial charge in [-0.2, -0.15) is 0 Å². The summed E-state index contributed by atoms with van der Waals surface area (Å²) >= 11 is 0. The van der Waals surface area contributed by atoms with Gasteiger partial charge in [0.1, 0.15) is 19.0 Å². The van der Waals surface area contributed by atoms with Crippen molar-refractivity contribution in [3.63, 3.8) is 0 Å². The average Bonchev–Trinajstić information content (AvgIpc) is 3.18. The Morgan fingerprint density at radius 3 is 1.86 bits per heavy atom. The minimum Gasteiger partial charge on any atom is -0.459 e. The van der Waals surface area contributed by atoms with Crippen LogP contribution < -0.4 is 5.32 Å². The maximum absolute atomic E-state index is 13.3. The molecule has 0 aromatic heterocycles. The van der Waals surface area contributed by atoms with E-state index < -0.39 is 48.2 Å². The monoisotopic (exact) mass is 501 g/mol. The first kappa shape index (κ1) is 25.3. The summed E-state index contributed by atoms with van der Waals surface area (Å²) < 4.78 is 16.5. The van der Waals surface area contributed by atoms with Gasteiger partial charge < -0.3 is 24.3 Å². The van der Waals surface area contributed by atoms with Crippen molar-refractivity contribution in [1.29, 1.82) is 0 Å². The number of ether oxygens (including phenoxy) is 3. The van der Waals surface area contributed by atoms with Crippen molar-refractivity contribution in [3.05, 3.63) is 108 Å². The van der Waals surface area contributed by atoms with Crippen LogP contribution >= 0.6 is 0 Å². The van der Waals surface area contributed by atoms with E-state index in [2.05, 4.69) is 5.32 Å². The molecule has 1 unspecified atom stereocenters. The smallest absolute Gasteiger partial charge is 0.340 e. The fourth-order valence-corrected chi connectivity index (χ4v) is 3.94. The molecule has 1 N–H and O–H groups in total. The molecule has 1 fully saturated rings. The maximum atomic E-state index is 13.3. The van der Waals surface area contributed by atoms with Crippen LogP contribution in [0.15, 0.2) is 91.0 Å². The Morgan fingerprint density at radius 1 is 0.811 bits per heavy atom. The Morgan fingerprint density at radius 2 is 1.32 bits per heavy atom. The Hall–Kier alpha value is -4.79. The predicted octanol–water partition coefficient (Wildman–Crippen LogP) is 2.75. The van der Waals surface area contributed by atoms with Crippen LogP contribution in [0.25, 0.3) is 0 Å². The Labute approximate surface area is 212 Å². The molecule has 9 nitrogen and oxygen atoms in total. The zero-order chi connectivity index (χ0) is 26.3. The van der Waals surface area contributed by atoms with E-state index in [-0.39, 0.29) is 23.1 Å². The molecular weight excluding hydrogens is 478 g/mol. The third-order valence-electron chi connectivity index (χ3n) is 5.83. The second-order valence-electron chi connectivity index (χ2n) is 8.27. The van der Waals surface area contributed by atoms with Crippen LogP contribution in [0.5, 0.6) is 0 Å². The van der Waals surface area contributed by atoms with Gasteiger partial charge in [0.05, 0.1) is 11.1 Å². The first-order valence-electron chi connectivity index (χ1n) is 11.4. The second kappa shape index (κ2) is 11.3. The fourth-order valence-electron chi connectivity index (χ4n) is 3.94. The summed E-state index contributed by atoms with van der Waals surface area (Å²) in [5, 5.41) is 2.58. The number of carbonyl (C=O) groups excluding carboxylic acids is 5. The SMILES string of the molecule is O=CCC1OC(=O)[C@@](COC(=O)c2ccccc2)(NC(=O)c2ccccc2)[C@H]1OC(=O)c1ccccc1. The van der Waals surface area contributed by atoms with Crippen LogP contribution in [0, 0.1) is 0 Å². The summed E-state index contributed by atoms with van der Waals surface area (Å²) in [5.41, 5.74) is -1.52. The molecule has 0 spiro atoms. The molecule has 0 aliphatic carbocycles. The molecule has 1 aliphatic heterocycles. The molecule has 0 saturated carbocycles. The molecule has 1 heterocycles. The lowest BCUT2D eigenvalue weighted by atomic mass is 9.90. The largest absolute Gasteiger partial charge is 0.459 e. The van der Waals surface area contributed by atoms with E-state index >= 15 is 0 Å². The van der Waals surface area contributed by atoms with Crippen LogP contribution in [0.4, 0.5) is 0 Å². The number of esters is 3. The molecule has 188 valence electrons. The molecule has 9 heteroatoms. The molecule has 0 bridgehead atoms. The number of hydrogen-bond acceptors (Lipinski definition) is 8. The highest BCUT2D eigenvalue weighted by Gasteiger charge is 2.62. The van der Waals surface area contributed by atoms with Gasteiger partial charge in [-0.25, -0.2) is 14.4 Å². The number of rotatable bonds is 9. The van der Waals surface area contributed by atoms with Crippen molar-refractivity contribution in [1.82, 2.24) is 5.32 Å². The molecule has 1 saturated heterocycles. The summed E-state index contributed by atoms with van der Waals surface area (Å²) in [7, 11) is 0. The molecular formula is C28H23NO8. The molecule has 1 amide bonds. The van der Waals surface area contributed by atoms with Gasteiger partial charge in [-0.1, -0.05) is 54.6 Å². The highest BCUT2D eigenvalue weighted by Crippen LogP contribution is 2.33. The van der Waals surface area contributed by atoms with E-state index in [0.717, 1.165) is 0 Å². The first-order chi connectivity index (χ1) is 17.9. The van der Waals surface area contributed by atoms with Crippen LogP contribution in [-0.4, -0.2) is 54.5 Å². The maximum Gasteiger partial charge on any atom is 0.340 e. The Kier molecular flexibility index (Phi) is 7.73. The highest BCUT2D eigenvalue weighted by molar-refractivity contribution is 6.00. The van der Waals surface area contributed by atoms with Crippen molar-refractivity contribution in [2.75, 3.05) is 6.61 Å². The summed E-state index contributed by atoms with van der Waals surface area (Å²) in [6.45, 7) is -0.708. The summed E-state index contributed by atoms with van der Waals surface area (Å²) in [4.78, 5) is 63.5. The Balaban J connectivity index is 1.70. The predicted molar refractivity (Wildman–Crippen MR) is 130 cm³/mol. The van der Waals surface area contributed by atoms with E-state index in [1.165, 1.54) is 36.4 Å². The molecule has 0 radical (unpaired) electrons. The molecule has 37 heavy (non-hydrogen) atoms.